The van der Waals surface area contributed by atoms with E-state index in [1.807, 2.05) is 4.57 Å². The number of carbonyl (C=O) groups is 1. The summed E-state index contributed by atoms with van der Waals surface area (Å²) in [5.41, 5.74) is 1.90. The molecular weight excluding hydrogens is 444 g/mol. The van der Waals surface area contributed by atoms with E-state index in [-0.39, 0.29) is 17.2 Å². The number of fused-ring (bicyclic) bond motifs is 1. The number of nitrogens with one attached hydrogen (secondary N) is 1. The van der Waals surface area contributed by atoms with E-state index in [4.69, 9.17) is 9.47 Å². The molecule has 176 valence electrons. The number of ether oxygens (including phenoxy) is 2. The number of hydrogen-bond acceptors (Lipinski definition) is 6. The monoisotopic (exact) mass is 472 g/mol. The van der Waals surface area contributed by atoms with Crippen LogP contribution in [0.3, 0.4) is 0 Å². The zero-order valence-electron chi connectivity index (χ0n) is 18.8. The fraction of sp³-hybridized carbons (Fsp3) is 0.391. The van der Waals surface area contributed by atoms with Crippen LogP contribution in [0.4, 0.5) is 5.69 Å². The number of rotatable bonds is 8. The van der Waals surface area contributed by atoms with E-state index in [9.17, 15) is 13.2 Å². The Morgan fingerprint density at radius 3 is 2.58 bits per heavy atom. The van der Waals surface area contributed by atoms with E-state index < -0.39 is 10.0 Å². The lowest BCUT2D eigenvalue weighted by molar-refractivity contribution is -0.116. The SMILES string of the molecule is COc1ccc(OC)c(NC(=O)CCn2cnc3cc(S(=O)(=O)N4CCCCC4)ccc32)c1. The first-order chi connectivity index (χ1) is 15.9. The predicted molar refractivity (Wildman–Crippen MR) is 125 cm³/mol. The number of hydrogen-bond donors (Lipinski definition) is 1. The van der Waals surface area contributed by atoms with Crippen LogP contribution >= 0.6 is 0 Å². The third-order valence-electron chi connectivity index (χ3n) is 5.81. The minimum absolute atomic E-state index is 0.187. The zero-order valence-corrected chi connectivity index (χ0v) is 19.6. The van der Waals surface area contributed by atoms with Gasteiger partial charge in [-0.1, -0.05) is 6.42 Å². The quantitative estimate of drug-likeness (QED) is 0.540. The molecule has 33 heavy (non-hydrogen) atoms. The molecule has 4 rings (SSSR count). The van der Waals surface area contributed by atoms with Gasteiger partial charge in [0.25, 0.3) is 0 Å². The van der Waals surface area contributed by atoms with Crippen LogP contribution < -0.4 is 14.8 Å². The molecule has 0 bridgehead atoms. The Morgan fingerprint density at radius 1 is 1.06 bits per heavy atom. The summed E-state index contributed by atoms with van der Waals surface area (Å²) in [5, 5.41) is 2.85. The van der Waals surface area contributed by atoms with E-state index in [2.05, 4.69) is 10.3 Å². The summed E-state index contributed by atoms with van der Waals surface area (Å²) in [6.07, 6.45) is 4.67. The summed E-state index contributed by atoms with van der Waals surface area (Å²) < 4.78 is 39.8. The van der Waals surface area contributed by atoms with Gasteiger partial charge in [-0.05, 0) is 43.2 Å². The number of sulfonamides is 1. The average Bonchev–Trinajstić information content (AvgIpc) is 3.25. The molecule has 0 unspecified atom stereocenters. The fourth-order valence-corrected chi connectivity index (χ4v) is 5.52. The molecule has 1 aliphatic heterocycles. The van der Waals surface area contributed by atoms with Crippen molar-refractivity contribution in [3.63, 3.8) is 0 Å². The van der Waals surface area contributed by atoms with Gasteiger partial charge in [-0.15, -0.1) is 0 Å². The number of aromatic nitrogens is 2. The Balaban J connectivity index is 1.45. The van der Waals surface area contributed by atoms with Gasteiger partial charge < -0.3 is 19.4 Å². The van der Waals surface area contributed by atoms with E-state index in [0.717, 1.165) is 24.8 Å². The molecule has 1 N–H and O–H groups in total. The Hall–Kier alpha value is -3.11. The van der Waals surface area contributed by atoms with Crippen molar-refractivity contribution in [3.8, 4) is 11.5 Å². The smallest absolute Gasteiger partial charge is 0.243 e. The van der Waals surface area contributed by atoms with Crippen LogP contribution in [-0.4, -0.2) is 55.5 Å². The van der Waals surface area contributed by atoms with Gasteiger partial charge in [-0.3, -0.25) is 4.79 Å². The largest absolute Gasteiger partial charge is 0.497 e. The number of anilines is 1. The van der Waals surface area contributed by atoms with Crippen molar-refractivity contribution in [3.05, 3.63) is 42.7 Å². The molecule has 0 atom stereocenters. The van der Waals surface area contributed by atoms with Crippen molar-refractivity contribution in [1.29, 1.82) is 0 Å². The second-order valence-electron chi connectivity index (χ2n) is 7.92. The molecular formula is C23H28N4O5S. The van der Waals surface area contributed by atoms with Gasteiger partial charge in [0, 0.05) is 32.1 Å². The lowest BCUT2D eigenvalue weighted by atomic mass is 10.2. The lowest BCUT2D eigenvalue weighted by Gasteiger charge is -2.25. The van der Waals surface area contributed by atoms with Gasteiger partial charge in [0.2, 0.25) is 15.9 Å². The first-order valence-electron chi connectivity index (χ1n) is 10.9. The first-order valence-corrected chi connectivity index (χ1v) is 12.3. The van der Waals surface area contributed by atoms with Gasteiger partial charge in [0.15, 0.2) is 0 Å². The molecule has 1 aliphatic rings. The molecule has 2 aromatic carbocycles. The summed E-state index contributed by atoms with van der Waals surface area (Å²) >= 11 is 0. The van der Waals surface area contributed by atoms with Gasteiger partial charge in [0.05, 0.1) is 42.2 Å². The molecule has 1 aromatic heterocycles. The standard InChI is InChI=1S/C23H28N4O5S/c1-31-17-6-9-22(32-2)20(14-17)25-23(28)10-13-26-16-24-19-15-18(7-8-21(19)26)33(29,30)27-11-4-3-5-12-27/h6-9,14-16H,3-5,10-13H2,1-2H3,(H,25,28). The van der Waals surface area contributed by atoms with Crippen LogP contribution in [0.1, 0.15) is 25.7 Å². The molecule has 3 aromatic rings. The van der Waals surface area contributed by atoms with Gasteiger partial charge in [0.1, 0.15) is 11.5 Å². The van der Waals surface area contributed by atoms with Crippen LogP contribution in [0.25, 0.3) is 11.0 Å². The number of benzene rings is 2. The molecule has 1 amide bonds. The number of methoxy groups -OCH3 is 2. The van der Waals surface area contributed by atoms with Gasteiger partial charge >= 0.3 is 0 Å². The van der Waals surface area contributed by atoms with Crippen molar-refractivity contribution in [2.75, 3.05) is 32.6 Å². The summed E-state index contributed by atoms with van der Waals surface area (Å²) in [7, 11) is -0.426. The second kappa shape index (κ2) is 9.80. The minimum atomic E-state index is -3.52. The van der Waals surface area contributed by atoms with Gasteiger partial charge in [-0.25, -0.2) is 13.4 Å². The van der Waals surface area contributed by atoms with Crippen LogP contribution in [0.2, 0.25) is 0 Å². The third kappa shape index (κ3) is 4.96. The van der Waals surface area contributed by atoms with E-state index in [1.165, 1.54) is 7.11 Å². The molecule has 0 aliphatic carbocycles. The van der Waals surface area contributed by atoms with Crippen LogP contribution in [0.5, 0.6) is 11.5 Å². The lowest BCUT2D eigenvalue weighted by Crippen LogP contribution is -2.35. The molecule has 0 radical (unpaired) electrons. The molecule has 0 spiro atoms. The zero-order chi connectivity index (χ0) is 23.4. The highest BCUT2D eigenvalue weighted by Gasteiger charge is 2.26. The number of aryl methyl sites for hydroxylation is 1. The summed E-state index contributed by atoms with van der Waals surface area (Å²) in [6, 6.07) is 10.2. The van der Waals surface area contributed by atoms with E-state index in [1.54, 1.807) is 54.1 Å². The van der Waals surface area contributed by atoms with E-state index >= 15 is 0 Å². The number of piperidine rings is 1. The number of nitrogens with zero attached hydrogens (tertiary/aromatic N) is 3. The van der Waals surface area contributed by atoms with Crippen molar-refractivity contribution >= 4 is 32.7 Å². The highest BCUT2D eigenvalue weighted by Crippen LogP contribution is 2.29. The Bertz CT molecular complexity index is 1250. The van der Waals surface area contributed by atoms with Crippen LogP contribution in [0.15, 0.2) is 47.6 Å². The summed E-state index contributed by atoms with van der Waals surface area (Å²) in [6.45, 7) is 1.51. The van der Waals surface area contributed by atoms with Crippen LogP contribution in [0, 0.1) is 0 Å². The number of amides is 1. The summed E-state index contributed by atoms with van der Waals surface area (Å²) in [5.74, 6) is 0.967. The number of carbonyl (C=O) groups excluding carboxylic acids is 1. The molecule has 1 fully saturated rings. The summed E-state index contributed by atoms with van der Waals surface area (Å²) in [4.78, 5) is 17.2. The first kappa shape index (κ1) is 23.1. The average molecular weight is 473 g/mol. The number of imidazole rings is 1. The highest BCUT2D eigenvalue weighted by molar-refractivity contribution is 7.89. The maximum atomic E-state index is 12.9. The van der Waals surface area contributed by atoms with E-state index in [0.29, 0.717) is 42.3 Å². The minimum Gasteiger partial charge on any atom is -0.497 e. The Morgan fingerprint density at radius 2 is 1.85 bits per heavy atom. The van der Waals surface area contributed by atoms with Crippen molar-refractivity contribution in [2.45, 2.75) is 37.1 Å². The molecule has 9 nitrogen and oxygen atoms in total. The normalized spacial score (nSPS) is 14.8. The maximum absolute atomic E-state index is 12.9. The molecule has 10 heteroatoms. The topological polar surface area (TPSA) is 103 Å². The second-order valence-corrected chi connectivity index (χ2v) is 9.86. The Labute approximate surface area is 193 Å². The maximum Gasteiger partial charge on any atom is 0.243 e. The van der Waals surface area contributed by atoms with Gasteiger partial charge in [-0.2, -0.15) is 4.31 Å². The highest BCUT2D eigenvalue weighted by atomic mass is 32.2. The predicted octanol–water partition coefficient (Wildman–Crippen LogP) is 3.26. The van der Waals surface area contributed by atoms with Crippen molar-refractivity contribution in [1.82, 2.24) is 13.9 Å². The van der Waals surface area contributed by atoms with Crippen molar-refractivity contribution in [2.24, 2.45) is 0 Å². The molecule has 1 saturated heterocycles. The fourth-order valence-electron chi connectivity index (χ4n) is 3.98. The molecule has 0 saturated carbocycles. The third-order valence-corrected chi connectivity index (χ3v) is 7.70. The Kier molecular flexibility index (Phi) is 6.85. The van der Waals surface area contributed by atoms with Crippen LogP contribution in [-0.2, 0) is 21.4 Å². The van der Waals surface area contributed by atoms with Crippen molar-refractivity contribution < 1.29 is 22.7 Å². The molecule has 2 heterocycles.